The Morgan fingerprint density at radius 2 is 1.38 bits per heavy atom. The summed E-state index contributed by atoms with van der Waals surface area (Å²) in [5.74, 6) is 0.343. The number of hydrogen-bond donors (Lipinski definition) is 2. The molecule has 0 saturated carbocycles. The van der Waals surface area contributed by atoms with Gasteiger partial charge in [-0.1, -0.05) is 20.8 Å². The third-order valence-corrected chi connectivity index (χ3v) is 1.99. The number of phenolic OH excluding ortho intramolecular Hbond substituents is 2. The monoisotopic (exact) mass is 180 g/mol. The number of hydrogen-bond acceptors (Lipinski definition) is 2. The van der Waals surface area contributed by atoms with Crippen molar-refractivity contribution in [3.05, 3.63) is 23.3 Å². The second-order valence-corrected chi connectivity index (χ2v) is 4.43. The molecule has 0 bridgehead atoms. The SMILES string of the molecule is Cc1cc(O)c(C(C)(C)C)c(O)c1. The minimum absolute atomic E-state index is 0.171. The molecular weight excluding hydrogens is 164 g/mol. The largest absolute Gasteiger partial charge is 0.507 e. The topological polar surface area (TPSA) is 40.5 Å². The molecule has 0 aromatic heterocycles. The number of aryl methyl sites for hydroxylation is 1. The van der Waals surface area contributed by atoms with Gasteiger partial charge in [0, 0.05) is 5.56 Å². The second-order valence-electron chi connectivity index (χ2n) is 4.43. The minimum atomic E-state index is -0.234. The molecule has 2 heteroatoms. The molecule has 0 atom stereocenters. The molecule has 0 heterocycles. The molecule has 1 aromatic carbocycles. The van der Waals surface area contributed by atoms with Gasteiger partial charge >= 0.3 is 0 Å². The van der Waals surface area contributed by atoms with Gasteiger partial charge in [-0.25, -0.2) is 0 Å². The zero-order chi connectivity index (χ0) is 10.2. The van der Waals surface area contributed by atoms with Crippen molar-refractivity contribution in [1.82, 2.24) is 0 Å². The third kappa shape index (κ3) is 1.94. The fourth-order valence-electron chi connectivity index (χ4n) is 1.52. The Morgan fingerprint density at radius 1 is 1.00 bits per heavy atom. The van der Waals surface area contributed by atoms with E-state index in [9.17, 15) is 10.2 Å². The Labute approximate surface area is 78.8 Å². The van der Waals surface area contributed by atoms with E-state index in [2.05, 4.69) is 0 Å². The maximum Gasteiger partial charge on any atom is 0.123 e. The molecule has 0 radical (unpaired) electrons. The molecule has 2 nitrogen and oxygen atoms in total. The maximum absolute atomic E-state index is 9.65. The Kier molecular flexibility index (Phi) is 2.24. The van der Waals surface area contributed by atoms with Crippen molar-refractivity contribution in [2.24, 2.45) is 0 Å². The van der Waals surface area contributed by atoms with Gasteiger partial charge in [-0.05, 0) is 30.0 Å². The van der Waals surface area contributed by atoms with E-state index in [1.807, 2.05) is 27.7 Å². The van der Waals surface area contributed by atoms with E-state index in [1.54, 1.807) is 12.1 Å². The Morgan fingerprint density at radius 3 is 1.69 bits per heavy atom. The Bertz CT molecular complexity index is 298. The van der Waals surface area contributed by atoms with Crippen molar-refractivity contribution in [2.75, 3.05) is 0 Å². The van der Waals surface area contributed by atoms with Crippen LogP contribution in [0.4, 0.5) is 0 Å². The van der Waals surface area contributed by atoms with Crippen LogP contribution in [0, 0.1) is 6.92 Å². The van der Waals surface area contributed by atoms with Crippen LogP contribution in [0.2, 0.25) is 0 Å². The highest BCUT2D eigenvalue weighted by molar-refractivity contribution is 5.49. The first-order valence-corrected chi connectivity index (χ1v) is 4.35. The smallest absolute Gasteiger partial charge is 0.123 e. The van der Waals surface area contributed by atoms with Crippen LogP contribution in [0.25, 0.3) is 0 Å². The summed E-state index contributed by atoms with van der Waals surface area (Å²) in [6.45, 7) is 7.71. The van der Waals surface area contributed by atoms with Crippen molar-refractivity contribution >= 4 is 0 Å². The van der Waals surface area contributed by atoms with E-state index in [-0.39, 0.29) is 16.9 Å². The predicted octanol–water partition coefficient (Wildman–Crippen LogP) is 2.70. The van der Waals surface area contributed by atoms with Gasteiger partial charge in [0.1, 0.15) is 11.5 Å². The normalized spacial score (nSPS) is 11.7. The van der Waals surface area contributed by atoms with Crippen LogP contribution in [-0.4, -0.2) is 10.2 Å². The van der Waals surface area contributed by atoms with Gasteiger partial charge < -0.3 is 10.2 Å². The first-order chi connectivity index (χ1) is 5.82. The fraction of sp³-hybridized carbons (Fsp3) is 0.455. The van der Waals surface area contributed by atoms with Crippen molar-refractivity contribution in [3.63, 3.8) is 0 Å². The number of rotatable bonds is 0. The molecule has 0 saturated heterocycles. The van der Waals surface area contributed by atoms with Crippen LogP contribution < -0.4 is 0 Å². The predicted molar refractivity (Wildman–Crippen MR) is 53.2 cm³/mol. The van der Waals surface area contributed by atoms with Gasteiger partial charge in [0.05, 0.1) is 0 Å². The first kappa shape index (κ1) is 9.90. The molecule has 0 amide bonds. The molecule has 2 N–H and O–H groups in total. The average molecular weight is 180 g/mol. The second kappa shape index (κ2) is 2.95. The van der Waals surface area contributed by atoms with Crippen molar-refractivity contribution in [1.29, 1.82) is 0 Å². The average Bonchev–Trinajstić information content (AvgIpc) is 1.78. The van der Waals surface area contributed by atoms with E-state index >= 15 is 0 Å². The van der Waals surface area contributed by atoms with Crippen LogP contribution in [-0.2, 0) is 5.41 Å². The standard InChI is InChI=1S/C11H16O2/c1-7-5-8(12)10(9(13)6-7)11(2,3)4/h5-6,12-13H,1-4H3. The lowest BCUT2D eigenvalue weighted by atomic mass is 9.85. The lowest BCUT2D eigenvalue weighted by molar-refractivity contribution is 0.410. The molecule has 1 aromatic rings. The van der Waals surface area contributed by atoms with E-state index in [0.29, 0.717) is 5.56 Å². The van der Waals surface area contributed by atoms with Crippen molar-refractivity contribution in [3.8, 4) is 11.5 Å². The van der Waals surface area contributed by atoms with E-state index in [1.165, 1.54) is 0 Å². The Hall–Kier alpha value is -1.18. The summed E-state index contributed by atoms with van der Waals surface area (Å²) in [4.78, 5) is 0. The van der Waals surface area contributed by atoms with Crippen molar-refractivity contribution < 1.29 is 10.2 Å². The van der Waals surface area contributed by atoms with Crippen LogP contribution in [0.15, 0.2) is 12.1 Å². The molecule has 0 aliphatic heterocycles. The summed E-state index contributed by atoms with van der Waals surface area (Å²) in [7, 11) is 0. The molecule has 0 aliphatic carbocycles. The summed E-state index contributed by atoms with van der Waals surface area (Å²) in [5, 5.41) is 19.3. The molecule has 0 aliphatic rings. The van der Waals surface area contributed by atoms with Gasteiger partial charge in [0.25, 0.3) is 0 Å². The minimum Gasteiger partial charge on any atom is -0.507 e. The Balaban J connectivity index is 3.38. The van der Waals surface area contributed by atoms with Crippen LogP contribution in [0.1, 0.15) is 31.9 Å². The van der Waals surface area contributed by atoms with E-state index in [0.717, 1.165) is 5.56 Å². The third-order valence-electron chi connectivity index (χ3n) is 1.99. The summed E-state index contributed by atoms with van der Waals surface area (Å²) in [5.41, 5.74) is 1.24. The molecule has 13 heavy (non-hydrogen) atoms. The molecule has 1 rings (SSSR count). The highest BCUT2D eigenvalue weighted by Crippen LogP contribution is 2.38. The van der Waals surface area contributed by atoms with Crippen molar-refractivity contribution in [2.45, 2.75) is 33.1 Å². The van der Waals surface area contributed by atoms with Gasteiger partial charge in [0.15, 0.2) is 0 Å². The number of phenols is 2. The highest BCUT2D eigenvalue weighted by Gasteiger charge is 2.22. The summed E-state index contributed by atoms with van der Waals surface area (Å²) >= 11 is 0. The highest BCUT2D eigenvalue weighted by atomic mass is 16.3. The molecule has 72 valence electrons. The number of benzene rings is 1. The summed E-state index contributed by atoms with van der Waals surface area (Å²) < 4.78 is 0. The zero-order valence-corrected chi connectivity index (χ0v) is 8.55. The maximum atomic E-state index is 9.65. The van der Waals surface area contributed by atoms with Gasteiger partial charge in [-0.2, -0.15) is 0 Å². The quantitative estimate of drug-likeness (QED) is 0.644. The summed E-state index contributed by atoms with van der Waals surface area (Å²) in [6.07, 6.45) is 0. The van der Waals surface area contributed by atoms with E-state index < -0.39 is 0 Å². The molecule has 0 unspecified atom stereocenters. The zero-order valence-electron chi connectivity index (χ0n) is 8.55. The first-order valence-electron chi connectivity index (χ1n) is 4.35. The van der Waals surface area contributed by atoms with Gasteiger partial charge in [-0.3, -0.25) is 0 Å². The van der Waals surface area contributed by atoms with Gasteiger partial charge in [-0.15, -0.1) is 0 Å². The molecule has 0 spiro atoms. The van der Waals surface area contributed by atoms with Crippen LogP contribution in [0.3, 0.4) is 0 Å². The number of aromatic hydroxyl groups is 2. The van der Waals surface area contributed by atoms with E-state index in [4.69, 9.17) is 0 Å². The summed E-state index contributed by atoms with van der Waals surface area (Å²) in [6, 6.07) is 3.33. The van der Waals surface area contributed by atoms with Crippen LogP contribution in [0.5, 0.6) is 11.5 Å². The fourth-order valence-corrected chi connectivity index (χ4v) is 1.52. The molecule has 0 fully saturated rings. The van der Waals surface area contributed by atoms with Crippen LogP contribution >= 0.6 is 0 Å². The lowest BCUT2D eigenvalue weighted by Gasteiger charge is -2.21. The molecular formula is C11H16O2. The lowest BCUT2D eigenvalue weighted by Crippen LogP contribution is -2.11. The van der Waals surface area contributed by atoms with Gasteiger partial charge in [0.2, 0.25) is 0 Å².